The van der Waals surface area contributed by atoms with Crippen molar-refractivity contribution in [2.75, 3.05) is 5.32 Å². The van der Waals surface area contributed by atoms with Gasteiger partial charge in [0.15, 0.2) is 0 Å². The number of amides is 1. The van der Waals surface area contributed by atoms with Crippen LogP contribution in [0.5, 0.6) is 0 Å². The van der Waals surface area contributed by atoms with E-state index in [2.05, 4.69) is 21.2 Å². The van der Waals surface area contributed by atoms with Gasteiger partial charge in [0, 0.05) is 15.7 Å². The standard InChI is InChI=1S/C19H13BrFNO3S/c20-14-3-9-17(10-4-14)26(24,25)18-11-7-16(8-12-18)22-19(23)13-1-5-15(21)6-2-13/h1-12H,(H,22,23). The van der Waals surface area contributed by atoms with Gasteiger partial charge in [0.2, 0.25) is 9.84 Å². The SMILES string of the molecule is O=C(Nc1ccc(S(=O)(=O)c2ccc(Br)cc2)cc1)c1ccc(F)cc1. The summed E-state index contributed by atoms with van der Waals surface area (Å²) in [5.74, 6) is -0.836. The Morgan fingerprint density at radius 2 is 1.31 bits per heavy atom. The Morgan fingerprint density at radius 1 is 0.808 bits per heavy atom. The number of nitrogens with one attached hydrogen (secondary N) is 1. The normalized spacial score (nSPS) is 11.2. The van der Waals surface area contributed by atoms with Crippen LogP contribution in [0.4, 0.5) is 10.1 Å². The van der Waals surface area contributed by atoms with E-state index in [1.807, 2.05) is 0 Å². The quantitative estimate of drug-likeness (QED) is 0.649. The van der Waals surface area contributed by atoms with Crippen molar-refractivity contribution in [3.63, 3.8) is 0 Å². The van der Waals surface area contributed by atoms with Crippen LogP contribution in [0.3, 0.4) is 0 Å². The van der Waals surface area contributed by atoms with Crippen molar-refractivity contribution in [2.24, 2.45) is 0 Å². The molecule has 0 aliphatic carbocycles. The molecule has 4 nitrogen and oxygen atoms in total. The molecule has 0 heterocycles. The molecule has 3 rings (SSSR count). The minimum absolute atomic E-state index is 0.125. The molecule has 0 saturated heterocycles. The topological polar surface area (TPSA) is 63.2 Å². The fourth-order valence-electron chi connectivity index (χ4n) is 2.27. The molecule has 0 aliphatic rings. The first-order valence-corrected chi connectivity index (χ1v) is 9.81. The zero-order valence-electron chi connectivity index (χ0n) is 13.3. The van der Waals surface area contributed by atoms with Crippen LogP contribution in [-0.2, 0) is 9.84 Å². The molecular formula is C19H13BrFNO3S. The molecule has 0 saturated carbocycles. The summed E-state index contributed by atoms with van der Waals surface area (Å²) < 4.78 is 38.9. The molecule has 0 atom stereocenters. The first-order chi connectivity index (χ1) is 12.4. The molecule has 0 aliphatic heterocycles. The Kier molecular flexibility index (Phi) is 5.20. The zero-order valence-corrected chi connectivity index (χ0v) is 15.7. The van der Waals surface area contributed by atoms with E-state index in [4.69, 9.17) is 0 Å². The van der Waals surface area contributed by atoms with Gasteiger partial charge in [-0.25, -0.2) is 12.8 Å². The molecule has 3 aromatic carbocycles. The fourth-order valence-corrected chi connectivity index (χ4v) is 3.80. The number of hydrogen-bond donors (Lipinski definition) is 1. The molecule has 1 N–H and O–H groups in total. The average molecular weight is 434 g/mol. The van der Waals surface area contributed by atoms with Gasteiger partial charge in [0.25, 0.3) is 5.91 Å². The largest absolute Gasteiger partial charge is 0.322 e. The van der Waals surface area contributed by atoms with Crippen molar-refractivity contribution < 1.29 is 17.6 Å². The lowest BCUT2D eigenvalue weighted by atomic mass is 10.2. The van der Waals surface area contributed by atoms with Gasteiger partial charge in [-0.05, 0) is 72.8 Å². The van der Waals surface area contributed by atoms with Crippen LogP contribution in [-0.4, -0.2) is 14.3 Å². The molecule has 3 aromatic rings. The molecule has 1 amide bonds. The second-order valence-electron chi connectivity index (χ2n) is 5.44. The number of benzene rings is 3. The van der Waals surface area contributed by atoms with Crippen LogP contribution in [0.1, 0.15) is 10.4 Å². The summed E-state index contributed by atoms with van der Waals surface area (Å²) >= 11 is 3.27. The zero-order chi connectivity index (χ0) is 18.7. The van der Waals surface area contributed by atoms with Crippen LogP contribution in [0, 0.1) is 5.82 Å². The molecule has 0 radical (unpaired) electrons. The number of carbonyl (C=O) groups excluding carboxylic acids is 1. The maximum atomic E-state index is 12.9. The molecule has 0 spiro atoms. The van der Waals surface area contributed by atoms with Crippen LogP contribution < -0.4 is 5.32 Å². The number of anilines is 1. The van der Waals surface area contributed by atoms with Crippen molar-refractivity contribution in [1.82, 2.24) is 0 Å². The predicted molar refractivity (Wildman–Crippen MR) is 100 cm³/mol. The number of halogens is 2. The third kappa shape index (κ3) is 4.00. The molecule has 0 aromatic heterocycles. The highest BCUT2D eigenvalue weighted by molar-refractivity contribution is 9.10. The van der Waals surface area contributed by atoms with E-state index >= 15 is 0 Å². The summed E-state index contributed by atoms with van der Waals surface area (Å²) in [7, 11) is -3.63. The average Bonchev–Trinajstić information content (AvgIpc) is 2.63. The lowest BCUT2D eigenvalue weighted by Crippen LogP contribution is -2.12. The van der Waals surface area contributed by atoms with Crippen LogP contribution in [0.2, 0.25) is 0 Å². The maximum Gasteiger partial charge on any atom is 0.255 e. The number of hydrogen-bond acceptors (Lipinski definition) is 3. The fraction of sp³-hybridized carbons (Fsp3) is 0. The Labute approximate surface area is 158 Å². The van der Waals surface area contributed by atoms with E-state index in [1.54, 1.807) is 12.1 Å². The van der Waals surface area contributed by atoms with Gasteiger partial charge in [0.05, 0.1) is 9.79 Å². The van der Waals surface area contributed by atoms with Gasteiger partial charge in [-0.3, -0.25) is 4.79 Å². The van der Waals surface area contributed by atoms with Gasteiger partial charge < -0.3 is 5.32 Å². The number of rotatable bonds is 4. The molecule has 0 fully saturated rings. The van der Waals surface area contributed by atoms with Gasteiger partial charge in [0.1, 0.15) is 5.82 Å². The minimum Gasteiger partial charge on any atom is -0.322 e. The lowest BCUT2D eigenvalue weighted by Gasteiger charge is -2.08. The lowest BCUT2D eigenvalue weighted by molar-refractivity contribution is 0.102. The highest BCUT2D eigenvalue weighted by atomic mass is 79.9. The van der Waals surface area contributed by atoms with Crippen molar-refractivity contribution in [3.05, 3.63) is 88.6 Å². The van der Waals surface area contributed by atoms with E-state index in [0.717, 1.165) is 4.47 Å². The summed E-state index contributed by atoms with van der Waals surface area (Å²) in [6.45, 7) is 0. The second-order valence-corrected chi connectivity index (χ2v) is 8.31. The first-order valence-electron chi connectivity index (χ1n) is 7.54. The van der Waals surface area contributed by atoms with Crippen LogP contribution >= 0.6 is 15.9 Å². The molecule has 0 bridgehead atoms. The van der Waals surface area contributed by atoms with Crippen molar-refractivity contribution in [1.29, 1.82) is 0 Å². The molecule has 26 heavy (non-hydrogen) atoms. The Hall–Kier alpha value is -2.51. The highest BCUT2D eigenvalue weighted by Crippen LogP contribution is 2.24. The summed E-state index contributed by atoms with van der Waals surface area (Å²) in [6.07, 6.45) is 0. The summed E-state index contributed by atoms with van der Waals surface area (Å²) in [6, 6.07) is 17.4. The monoisotopic (exact) mass is 433 g/mol. The molecule has 7 heteroatoms. The van der Waals surface area contributed by atoms with Gasteiger partial charge >= 0.3 is 0 Å². The molecule has 132 valence electrons. The van der Waals surface area contributed by atoms with Gasteiger partial charge in [-0.15, -0.1) is 0 Å². The highest BCUT2D eigenvalue weighted by Gasteiger charge is 2.17. The number of sulfone groups is 1. The summed E-state index contributed by atoms with van der Waals surface area (Å²) in [4.78, 5) is 12.4. The smallest absolute Gasteiger partial charge is 0.255 e. The van der Waals surface area contributed by atoms with Crippen LogP contribution in [0.15, 0.2) is 87.1 Å². The van der Waals surface area contributed by atoms with Crippen LogP contribution in [0.25, 0.3) is 0 Å². The van der Waals surface area contributed by atoms with Gasteiger partial charge in [-0.1, -0.05) is 15.9 Å². The summed E-state index contributed by atoms with van der Waals surface area (Å²) in [5.41, 5.74) is 0.743. The van der Waals surface area contributed by atoms with E-state index in [-0.39, 0.29) is 9.79 Å². The van der Waals surface area contributed by atoms with Crippen molar-refractivity contribution in [2.45, 2.75) is 9.79 Å². The van der Waals surface area contributed by atoms with Gasteiger partial charge in [-0.2, -0.15) is 0 Å². The predicted octanol–water partition coefficient (Wildman–Crippen LogP) is 4.67. The maximum absolute atomic E-state index is 12.9. The first kappa shape index (κ1) is 18.3. The third-order valence-electron chi connectivity index (χ3n) is 3.65. The van der Waals surface area contributed by atoms with E-state index in [1.165, 1.54) is 60.7 Å². The van der Waals surface area contributed by atoms with E-state index < -0.39 is 21.6 Å². The van der Waals surface area contributed by atoms with Crippen molar-refractivity contribution in [3.8, 4) is 0 Å². The van der Waals surface area contributed by atoms with E-state index in [0.29, 0.717) is 11.3 Å². The summed E-state index contributed by atoms with van der Waals surface area (Å²) in [5, 5.41) is 2.64. The molecular weight excluding hydrogens is 421 g/mol. The van der Waals surface area contributed by atoms with Crippen molar-refractivity contribution >= 4 is 37.4 Å². The third-order valence-corrected chi connectivity index (χ3v) is 5.97. The Bertz CT molecular complexity index is 1030. The Balaban J connectivity index is 1.78. The Morgan fingerprint density at radius 3 is 1.85 bits per heavy atom. The second kappa shape index (κ2) is 7.39. The van der Waals surface area contributed by atoms with E-state index in [9.17, 15) is 17.6 Å². The number of carbonyl (C=O) groups is 1. The minimum atomic E-state index is -3.63. The molecule has 0 unspecified atom stereocenters.